The van der Waals surface area contributed by atoms with Crippen molar-refractivity contribution in [1.29, 1.82) is 5.26 Å². The standard InChI is InChI=1S/C36H36N6O3S2/c1-5-40-32(39-18-16-26(17-19-39)20-25-12-8-6-9-13-25)28(23(2)29(22-37)33(40)43)21-30-34(44)41(36(46)47-30)31-24(3)38(4)42(35(31)45)27-14-10-7-11-15-27/h6-15,21,26H,5,16-20H2,1-4H3. The van der Waals surface area contributed by atoms with Crippen molar-refractivity contribution in [1.82, 2.24) is 13.9 Å². The lowest BCUT2D eigenvalue weighted by Gasteiger charge is -2.36. The van der Waals surface area contributed by atoms with E-state index in [1.54, 1.807) is 36.2 Å². The number of carbonyl (C=O) groups excluding carboxylic acids is 1. The SMILES string of the molecule is CCn1c(N2CCC(Cc3ccccc3)CC2)c(C=C2SC(=S)N(c3c(C)n(C)n(-c4ccccc4)c3=O)C2=O)c(C)c(C#N)c1=O. The van der Waals surface area contributed by atoms with Gasteiger partial charge in [0.1, 0.15) is 23.1 Å². The average molecular weight is 665 g/mol. The predicted octanol–water partition coefficient (Wildman–Crippen LogP) is 5.71. The third kappa shape index (κ3) is 5.77. The molecule has 0 radical (unpaired) electrons. The van der Waals surface area contributed by atoms with E-state index >= 15 is 0 Å². The number of rotatable bonds is 7. The van der Waals surface area contributed by atoms with E-state index in [0.29, 0.717) is 45.7 Å². The van der Waals surface area contributed by atoms with Gasteiger partial charge in [-0.05, 0) is 75.3 Å². The fraction of sp³-hybridized carbons (Fsp3) is 0.306. The summed E-state index contributed by atoms with van der Waals surface area (Å²) in [6.45, 7) is 7.30. The van der Waals surface area contributed by atoms with Gasteiger partial charge in [-0.15, -0.1) is 0 Å². The minimum Gasteiger partial charge on any atom is -0.357 e. The Bertz CT molecular complexity index is 2060. The van der Waals surface area contributed by atoms with E-state index in [1.807, 2.05) is 43.3 Å². The van der Waals surface area contributed by atoms with Crippen LogP contribution in [0.4, 0.5) is 11.5 Å². The highest BCUT2D eigenvalue weighted by molar-refractivity contribution is 8.27. The van der Waals surface area contributed by atoms with Crippen LogP contribution >= 0.6 is 24.0 Å². The van der Waals surface area contributed by atoms with Crippen molar-refractivity contribution in [2.24, 2.45) is 13.0 Å². The zero-order valence-electron chi connectivity index (χ0n) is 26.9. The van der Waals surface area contributed by atoms with E-state index in [-0.39, 0.29) is 26.7 Å². The molecule has 0 N–H and O–H groups in total. The Labute approximate surface area is 283 Å². The Balaban J connectivity index is 1.39. The van der Waals surface area contributed by atoms with Gasteiger partial charge in [0.05, 0.1) is 16.3 Å². The highest BCUT2D eigenvalue weighted by atomic mass is 32.2. The fourth-order valence-electron chi connectivity index (χ4n) is 6.68. The number of nitriles is 1. The Hall–Kier alpha value is -4.66. The maximum Gasteiger partial charge on any atom is 0.296 e. The third-order valence-electron chi connectivity index (χ3n) is 9.26. The molecule has 6 rings (SSSR count). The maximum atomic E-state index is 14.1. The van der Waals surface area contributed by atoms with Crippen molar-refractivity contribution >= 4 is 51.8 Å². The molecule has 0 atom stereocenters. The molecule has 2 aliphatic rings. The normalized spacial score (nSPS) is 16.4. The van der Waals surface area contributed by atoms with Gasteiger partial charge in [-0.2, -0.15) is 5.26 Å². The number of piperidine rings is 1. The molecule has 4 heterocycles. The lowest BCUT2D eigenvalue weighted by Crippen LogP contribution is -2.39. The Morgan fingerprint density at radius 3 is 2.23 bits per heavy atom. The molecule has 0 unspecified atom stereocenters. The van der Waals surface area contributed by atoms with Gasteiger partial charge in [0.15, 0.2) is 4.32 Å². The number of benzene rings is 2. The number of aromatic nitrogens is 3. The van der Waals surface area contributed by atoms with Crippen molar-refractivity contribution in [3.63, 3.8) is 0 Å². The number of hydrogen-bond donors (Lipinski definition) is 0. The molecular formula is C36H36N6O3S2. The number of hydrogen-bond acceptors (Lipinski definition) is 7. The van der Waals surface area contributed by atoms with Gasteiger partial charge in [0, 0.05) is 32.2 Å². The lowest BCUT2D eigenvalue weighted by atomic mass is 9.90. The summed E-state index contributed by atoms with van der Waals surface area (Å²) < 4.78 is 5.13. The second-order valence-corrected chi connectivity index (χ2v) is 13.6. The van der Waals surface area contributed by atoms with Gasteiger partial charge in [-0.1, -0.05) is 72.5 Å². The van der Waals surface area contributed by atoms with Gasteiger partial charge in [-0.25, -0.2) is 4.68 Å². The van der Waals surface area contributed by atoms with Crippen molar-refractivity contribution < 1.29 is 4.79 Å². The van der Waals surface area contributed by atoms with E-state index in [1.165, 1.54) is 15.1 Å². The molecule has 4 aromatic rings. The van der Waals surface area contributed by atoms with Crippen molar-refractivity contribution in [3.05, 3.63) is 114 Å². The second kappa shape index (κ2) is 13.2. The van der Waals surface area contributed by atoms with E-state index in [4.69, 9.17) is 12.2 Å². The molecule has 2 fully saturated rings. The molecule has 2 aromatic carbocycles. The average Bonchev–Trinajstić information content (AvgIpc) is 3.47. The Morgan fingerprint density at radius 1 is 0.979 bits per heavy atom. The fourth-order valence-corrected chi connectivity index (χ4v) is 7.93. The first-order chi connectivity index (χ1) is 22.7. The largest absolute Gasteiger partial charge is 0.357 e. The minimum absolute atomic E-state index is 0.0564. The van der Waals surface area contributed by atoms with Crippen LogP contribution in [-0.4, -0.2) is 37.2 Å². The first kappa shape index (κ1) is 32.3. The third-order valence-corrected chi connectivity index (χ3v) is 10.6. The van der Waals surface area contributed by atoms with Crippen LogP contribution in [0.1, 0.15) is 47.7 Å². The quantitative estimate of drug-likeness (QED) is 0.185. The molecule has 2 aromatic heterocycles. The number of carbonyl (C=O) groups is 1. The summed E-state index contributed by atoms with van der Waals surface area (Å²) in [5.74, 6) is 0.814. The number of nitrogens with zero attached hydrogens (tertiary/aromatic N) is 6. The number of para-hydroxylation sites is 1. The smallest absolute Gasteiger partial charge is 0.296 e. The van der Waals surface area contributed by atoms with E-state index in [2.05, 4.69) is 35.2 Å². The minimum atomic E-state index is -0.411. The summed E-state index contributed by atoms with van der Waals surface area (Å²) in [4.78, 5) is 45.3. The number of anilines is 2. The van der Waals surface area contributed by atoms with Crippen LogP contribution < -0.4 is 20.9 Å². The topological polar surface area (TPSA) is 96.3 Å². The molecule has 9 nitrogen and oxygen atoms in total. The van der Waals surface area contributed by atoms with E-state index in [0.717, 1.165) is 44.1 Å². The van der Waals surface area contributed by atoms with Crippen LogP contribution in [0.3, 0.4) is 0 Å². The molecule has 0 saturated carbocycles. The summed E-state index contributed by atoms with van der Waals surface area (Å²) in [6.07, 6.45) is 4.66. The highest BCUT2D eigenvalue weighted by Crippen LogP contribution is 2.39. The monoisotopic (exact) mass is 664 g/mol. The molecule has 0 bridgehead atoms. The Morgan fingerprint density at radius 2 is 1.62 bits per heavy atom. The Kier molecular flexibility index (Phi) is 9.08. The molecule has 240 valence electrons. The summed E-state index contributed by atoms with van der Waals surface area (Å²) in [5.41, 5.74) is 3.34. The molecule has 0 aliphatic carbocycles. The zero-order chi connectivity index (χ0) is 33.4. The summed E-state index contributed by atoms with van der Waals surface area (Å²) >= 11 is 6.83. The highest BCUT2D eigenvalue weighted by Gasteiger charge is 2.38. The first-order valence-corrected chi connectivity index (χ1v) is 17.0. The summed E-state index contributed by atoms with van der Waals surface area (Å²) in [6, 6.07) is 21.8. The molecule has 1 amide bonds. The van der Waals surface area contributed by atoms with Crippen LogP contribution in [0.15, 0.2) is 75.2 Å². The maximum absolute atomic E-state index is 14.1. The van der Waals surface area contributed by atoms with Crippen LogP contribution in [0.2, 0.25) is 0 Å². The summed E-state index contributed by atoms with van der Waals surface area (Å²) in [7, 11) is 1.77. The predicted molar refractivity (Wildman–Crippen MR) is 192 cm³/mol. The van der Waals surface area contributed by atoms with Gasteiger partial charge in [0.2, 0.25) is 0 Å². The van der Waals surface area contributed by atoms with Crippen molar-refractivity contribution in [2.45, 2.75) is 46.6 Å². The summed E-state index contributed by atoms with van der Waals surface area (Å²) in [5, 5.41) is 10.0. The van der Waals surface area contributed by atoms with Crippen LogP contribution in [0.25, 0.3) is 11.8 Å². The molecule has 11 heteroatoms. The molecular weight excluding hydrogens is 629 g/mol. The number of amides is 1. The number of thioether (sulfide) groups is 1. The van der Waals surface area contributed by atoms with Crippen molar-refractivity contribution in [3.8, 4) is 11.8 Å². The van der Waals surface area contributed by atoms with Gasteiger partial charge >= 0.3 is 0 Å². The van der Waals surface area contributed by atoms with Crippen LogP contribution in [0, 0.1) is 31.1 Å². The molecule has 2 saturated heterocycles. The van der Waals surface area contributed by atoms with Gasteiger partial charge in [0.25, 0.3) is 17.0 Å². The second-order valence-electron chi connectivity index (χ2n) is 11.9. The molecule has 2 aliphatic heterocycles. The lowest BCUT2D eigenvalue weighted by molar-refractivity contribution is -0.113. The van der Waals surface area contributed by atoms with Gasteiger partial charge in [-0.3, -0.25) is 28.5 Å². The first-order valence-electron chi connectivity index (χ1n) is 15.7. The van der Waals surface area contributed by atoms with Crippen molar-refractivity contribution in [2.75, 3.05) is 22.9 Å². The molecule has 47 heavy (non-hydrogen) atoms. The van der Waals surface area contributed by atoms with Crippen LogP contribution in [-0.2, 0) is 24.8 Å². The number of pyridine rings is 1. The van der Waals surface area contributed by atoms with Crippen LogP contribution in [0.5, 0.6) is 0 Å². The van der Waals surface area contributed by atoms with Gasteiger partial charge < -0.3 is 4.90 Å². The van der Waals surface area contributed by atoms with E-state index in [9.17, 15) is 19.6 Å². The number of thiocarbonyl (C=S) groups is 1. The van der Waals surface area contributed by atoms with E-state index < -0.39 is 5.91 Å². The zero-order valence-corrected chi connectivity index (χ0v) is 28.5. The molecule has 0 spiro atoms.